The summed E-state index contributed by atoms with van der Waals surface area (Å²) in [6, 6.07) is 8.35. The number of esters is 1. The number of amides is 1. The topological polar surface area (TPSA) is 113 Å². The van der Waals surface area contributed by atoms with Crippen LogP contribution in [0.5, 0.6) is 5.75 Å². The number of imidazole rings is 1. The Morgan fingerprint density at radius 3 is 2.66 bits per heavy atom. The minimum atomic E-state index is -0.924. The maximum Gasteiger partial charge on any atom is 0.310 e. The molecule has 1 aliphatic rings. The number of piperidine rings is 1. The Morgan fingerprint density at radius 1 is 1.15 bits per heavy atom. The Morgan fingerprint density at radius 2 is 1.95 bits per heavy atom. The average molecular weight is 564 g/mol. The number of hydrogen-bond acceptors (Lipinski definition) is 8. The molecule has 0 radical (unpaired) electrons. The molecule has 10 nitrogen and oxygen atoms in total. The van der Waals surface area contributed by atoms with E-state index in [-0.39, 0.29) is 24.7 Å². The Bertz CT molecular complexity index is 1570. The van der Waals surface area contributed by atoms with Crippen molar-refractivity contribution in [2.45, 2.75) is 72.3 Å². The first kappa shape index (κ1) is 28.3. The van der Waals surface area contributed by atoms with Crippen molar-refractivity contribution in [3.63, 3.8) is 0 Å². The number of aromatic nitrogens is 4. The van der Waals surface area contributed by atoms with Crippen molar-refractivity contribution >= 4 is 23.0 Å². The fourth-order valence-corrected chi connectivity index (χ4v) is 5.26. The number of carbonyl (C=O) groups is 2. The minimum Gasteiger partial charge on any atom is -0.491 e. The standard InChI is InChI=1S/C30H34FN5O5/c1-18(2)28(38)39-17-35-25-14-20(31)16-32-26(25)33-29(35)30(5)11-6-7-12-36(30)27(37)23-15-21(41-19(3)4)8-9-22(23)24-10-13-40-34-24/h8-10,13-16,18-19H,6-7,11-12,17H2,1-5H3/t30-/m0/s1. The third-order valence-corrected chi connectivity index (χ3v) is 7.30. The Kier molecular flexibility index (Phi) is 7.79. The summed E-state index contributed by atoms with van der Waals surface area (Å²) in [5.41, 5.74) is 1.30. The van der Waals surface area contributed by atoms with Gasteiger partial charge in [0, 0.05) is 24.2 Å². The molecule has 5 rings (SSSR count). The molecule has 0 spiro atoms. The van der Waals surface area contributed by atoms with Gasteiger partial charge in [0.15, 0.2) is 12.4 Å². The summed E-state index contributed by atoms with van der Waals surface area (Å²) in [4.78, 5) is 37.6. The van der Waals surface area contributed by atoms with E-state index >= 15 is 0 Å². The number of rotatable bonds is 8. The van der Waals surface area contributed by atoms with Crippen LogP contribution in [0.1, 0.15) is 70.1 Å². The van der Waals surface area contributed by atoms with Crippen LogP contribution in [0.25, 0.3) is 22.4 Å². The van der Waals surface area contributed by atoms with E-state index < -0.39 is 17.3 Å². The Hall–Kier alpha value is -4.28. The molecule has 216 valence electrons. The molecule has 3 aromatic heterocycles. The summed E-state index contributed by atoms with van der Waals surface area (Å²) >= 11 is 0. The third-order valence-electron chi connectivity index (χ3n) is 7.30. The van der Waals surface area contributed by atoms with Gasteiger partial charge >= 0.3 is 5.97 Å². The molecule has 0 saturated carbocycles. The highest BCUT2D eigenvalue weighted by atomic mass is 19.1. The molecule has 0 bridgehead atoms. The smallest absolute Gasteiger partial charge is 0.310 e. The van der Waals surface area contributed by atoms with E-state index in [0.717, 1.165) is 19.0 Å². The quantitative estimate of drug-likeness (QED) is 0.251. The first-order valence-corrected chi connectivity index (χ1v) is 13.8. The maximum atomic E-state index is 14.5. The first-order chi connectivity index (χ1) is 19.6. The van der Waals surface area contributed by atoms with E-state index in [2.05, 4.69) is 10.1 Å². The van der Waals surface area contributed by atoms with Gasteiger partial charge in [-0.15, -0.1) is 0 Å². The number of nitrogens with zero attached hydrogens (tertiary/aromatic N) is 5. The minimum absolute atomic E-state index is 0.0857. The van der Waals surface area contributed by atoms with Crippen molar-refractivity contribution in [2.75, 3.05) is 6.54 Å². The van der Waals surface area contributed by atoms with Crippen LogP contribution in [0.15, 0.2) is 47.3 Å². The van der Waals surface area contributed by atoms with Crippen molar-refractivity contribution in [2.24, 2.45) is 5.92 Å². The van der Waals surface area contributed by atoms with E-state index in [1.807, 2.05) is 20.8 Å². The van der Waals surface area contributed by atoms with Gasteiger partial charge in [0.1, 0.15) is 29.3 Å². The predicted octanol–water partition coefficient (Wildman–Crippen LogP) is 5.71. The number of ether oxygens (including phenoxy) is 2. The van der Waals surface area contributed by atoms with Gasteiger partial charge in [-0.3, -0.25) is 14.2 Å². The lowest BCUT2D eigenvalue weighted by Crippen LogP contribution is -2.52. The second kappa shape index (κ2) is 11.3. The van der Waals surface area contributed by atoms with Crippen molar-refractivity contribution < 1.29 is 28.0 Å². The SMILES string of the molecule is CC(C)Oc1ccc(-c2ccon2)c(C(=O)N2CCCC[C@@]2(C)c2nc3ncc(F)cc3n2COC(=O)C(C)C)c1. The lowest BCUT2D eigenvalue weighted by Gasteiger charge is -2.44. The zero-order chi connectivity index (χ0) is 29.3. The van der Waals surface area contributed by atoms with Gasteiger partial charge in [0.25, 0.3) is 5.91 Å². The molecule has 0 N–H and O–H groups in total. The van der Waals surface area contributed by atoms with Crippen LogP contribution in [-0.2, 0) is 21.8 Å². The normalized spacial score (nSPS) is 17.4. The summed E-state index contributed by atoms with van der Waals surface area (Å²) in [7, 11) is 0. The van der Waals surface area contributed by atoms with Crippen LogP contribution in [0.2, 0.25) is 0 Å². The number of benzene rings is 1. The summed E-state index contributed by atoms with van der Waals surface area (Å²) in [6.45, 7) is 9.52. The number of pyridine rings is 1. The zero-order valence-corrected chi connectivity index (χ0v) is 23.9. The summed E-state index contributed by atoms with van der Waals surface area (Å²) in [5.74, 6) is -0.503. The van der Waals surface area contributed by atoms with Crippen LogP contribution in [0.3, 0.4) is 0 Å². The molecule has 41 heavy (non-hydrogen) atoms. The van der Waals surface area contributed by atoms with Gasteiger partial charge in [-0.1, -0.05) is 19.0 Å². The van der Waals surface area contributed by atoms with Gasteiger partial charge in [-0.25, -0.2) is 14.4 Å². The predicted molar refractivity (Wildman–Crippen MR) is 148 cm³/mol. The second-order valence-electron chi connectivity index (χ2n) is 11.1. The molecule has 1 amide bonds. The number of halogens is 1. The number of carbonyl (C=O) groups excluding carboxylic acids is 2. The molecule has 1 aromatic carbocycles. The number of likely N-dealkylation sites (tertiary alicyclic amines) is 1. The molecule has 0 unspecified atom stereocenters. The fraction of sp³-hybridized carbons (Fsp3) is 0.433. The highest BCUT2D eigenvalue weighted by Crippen LogP contribution is 2.40. The number of fused-ring (bicyclic) bond motifs is 1. The van der Waals surface area contributed by atoms with Crippen LogP contribution in [-0.4, -0.2) is 49.1 Å². The molecule has 0 aliphatic carbocycles. The molecule has 1 aliphatic heterocycles. The lowest BCUT2D eigenvalue weighted by molar-refractivity contribution is -0.151. The summed E-state index contributed by atoms with van der Waals surface area (Å²) in [5, 5.41) is 4.07. The van der Waals surface area contributed by atoms with Crippen molar-refractivity contribution in [3.05, 3.63) is 60.0 Å². The van der Waals surface area contributed by atoms with Crippen LogP contribution in [0.4, 0.5) is 4.39 Å². The first-order valence-electron chi connectivity index (χ1n) is 13.8. The molecule has 1 atom stereocenters. The van der Waals surface area contributed by atoms with Crippen LogP contribution in [0, 0.1) is 11.7 Å². The van der Waals surface area contributed by atoms with E-state index in [4.69, 9.17) is 19.0 Å². The van der Waals surface area contributed by atoms with Crippen molar-refractivity contribution in [1.29, 1.82) is 0 Å². The highest BCUT2D eigenvalue weighted by molar-refractivity contribution is 6.01. The molecular weight excluding hydrogens is 529 g/mol. The number of hydrogen-bond donors (Lipinski definition) is 0. The lowest BCUT2D eigenvalue weighted by atomic mass is 9.86. The molecule has 1 fully saturated rings. The third kappa shape index (κ3) is 5.53. The van der Waals surface area contributed by atoms with Gasteiger partial charge < -0.3 is 18.9 Å². The monoisotopic (exact) mass is 563 g/mol. The fourth-order valence-electron chi connectivity index (χ4n) is 5.26. The molecule has 1 saturated heterocycles. The van der Waals surface area contributed by atoms with E-state index in [1.165, 1.54) is 12.3 Å². The Balaban J connectivity index is 1.62. The largest absolute Gasteiger partial charge is 0.491 e. The molecule has 11 heteroatoms. The van der Waals surface area contributed by atoms with Crippen LogP contribution < -0.4 is 4.74 Å². The van der Waals surface area contributed by atoms with Gasteiger partial charge in [0.2, 0.25) is 0 Å². The molecule has 4 heterocycles. The van der Waals surface area contributed by atoms with Crippen LogP contribution >= 0.6 is 0 Å². The van der Waals surface area contributed by atoms with E-state index in [1.54, 1.807) is 47.6 Å². The average Bonchev–Trinajstić information content (AvgIpc) is 3.60. The van der Waals surface area contributed by atoms with Crippen molar-refractivity contribution in [1.82, 2.24) is 24.6 Å². The highest BCUT2D eigenvalue weighted by Gasteiger charge is 2.44. The summed E-state index contributed by atoms with van der Waals surface area (Å²) < 4.78 is 32.5. The van der Waals surface area contributed by atoms with E-state index in [9.17, 15) is 14.0 Å². The van der Waals surface area contributed by atoms with Gasteiger partial charge in [0.05, 0.1) is 34.8 Å². The van der Waals surface area contributed by atoms with Gasteiger partial charge in [-0.2, -0.15) is 0 Å². The summed E-state index contributed by atoms with van der Waals surface area (Å²) in [6.07, 6.45) is 4.68. The zero-order valence-electron chi connectivity index (χ0n) is 23.9. The molecule has 4 aromatic rings. The Labute approximate surface area is 237 Å². The van der Waals surface area contributed by atoms with Crippen molar-refractivity contribution in [3.8, 4) is 17.0 Å². The second-order valence-corrected chi connectivity index (χ2v) is 11.1. The molecular formula is C30H34FN5O5. The maximum absolute atomic E-state index is 14.5. The van der Waals surface area contributed by atoms with E-state index in [0.29, 0.717) is 52.5 Å². The van der Waals surface area contributed by atoms with Gasteiger partial charge in [-0.05, 0) is 58.2 Å².